The summed E-state index contributed by atoms with van der Waals surface area (Å²) in [6.45, 7) is 1.86. The molecular weight excluding hydrogens is 215 g/mol. The normalized spacial score (nSPS) is 12.4. The van der Waals surface area contributed by atoms with Gasteiger partial charge in [0.2, 0.25) is 0 Å². The third-order valence-electron chi connectivity index (χ3n) is 2.67. The highest BCUT2D eigenvalue weighted by Crippen LogP contribution is 2.18. The summed E-state index contributed by atoms with van der Waals surface area (Å²) in [6, 6.07) is 8.56. The molecule has 0 amide bonds. The fourth-order valence-electron chi connectivity index (χ4n) is 1.87. The Morgan fingerprint density at radius 3 is 2.82 bits per heavy atom. The highest BCUT2D eigenvalue weighted by Gasteiger charge is 2.09. The van der Waals surface area contributed by atoms with Gasteiger partial charge in [-0.15, -0.1) is 0 Å². The molecule has 2 rings (SSSR count). The van der Waals surface area contributed by atoms with Crippen LogP contribution in [0.5, 0.6) is 0 Å². The number of aromatic nitrogens is 1. The Kier molecular flexibility index (Phi) is 3.49. The summed E-state index contributed by atoms with van der Waals surface area (Å²) in [4.78, 5) is 4.04. The number of rotatable bonds is 3. The van der Waals surface area contributed by atoms with E-state index in [4.69, 9.17) is 5.73 Å². The molecule has 0 aliphatic heterocycles. The van der Waals surface area contributed by atoms with Crippen LogP contribution < -0.4 is 5.73 Å². The monoisotopic (exact) mass is 230 g/mol. The van der Waals surface area contributed by atoms with Gasteiger partial charge in [-0.1, -0.05) is 12.1 Å². The third-order valence-corrected chi connectivity index (χ3v) is 2.67. The molecule has 0 radical (unpaired) electrons. The molecule has 1 aromatic carbocycles. The summed E-state index contributed by atoms with van der Waals surface area (Å²) >= 11 is 0. The van der Waals surface area contributed by atoms with Crippen LogP contribution >= 0.6 is 0 Å². The first-order valence-corrected chi connectivity index (χ1v) is 5.57. The van der Waals surface area contributed by atoms with Crippen LogP contribution in [0.15, 0.2) is 42.7 Å². The van der Waals surface area contributed by atoms with Crippen molar-refractivity contribution in [1.29, 1.82) is 0 Å². The zero-order chi connectivity index (χ0) is 12.3. The highest BCUT2D eigenvalue weighted by molar-refractivity contribution is 5.27. The molecule has 1 heterocycles. The van der Waals surface area contributed by atoms with Gasteiger partial charge >= 0.3 is 0 Å². The van der Waals surface area contributed by atoms with Crippen LogP contribution in [0.4, 0.5) is 4.39 Å². The average molecular weight is 230 g/mol. The smallest absolute Gasteiger partial charge is 0.123 e. The lowest BCUT2D eigenvalue weighted by Crippen LogP contribution is -2.13. The van der Waals surface area contributed by atoms with Gasteiger partial charge in [-0.05, 0) is 48.2 Å². The minimum absolute atomic E-state index is 0.200. The van der Waals surface area contributed by atoms with Crippen molar-refractivity contribution in [2.24, 2.45) is 5.73 Å². The molecular formula is C14H15FN2. The van der Waals surface area contributed by atoms with Crippen LogP contribution in [0.3, 0.4) is 0 Å². The van der Waals surface area contributed by atoms with E-state index in [9.17, 15) is 4.39 Å². The SMILES string of the molecule is Cc1cc(F)cc(C(N)Cc2cccnc2)c1. The van der Waals surface area contributed by atoms with Crippen LogP contribution in [-0.2, 0) is 6.42 Å². The quantitative estimate of drug-likeness (QED) is 0.880. The molecule has 0 spiro atoms. The molecule has 0 saturated carbocycles. The fraction of sp³-hybridized carbons (Fsp3) is 0.214. The van der Waals surface area contributed by atoms with Crippen molar-refractivity contribution >= 4 is 0 Å². The average Bonchev–Trinajstić information content (AvgIpc) is 2.29. The summed E-state index contributed by atoms with van der Waals surface area (Å²) in [5.74, 6) is -0.235. The maximum atomic E-state index is 13.3. The first-order chi connectivity index (χ1) is 8.15. The molecule has 17 heavy (non-hydrogen) atoms. The number of nitrogens with zero attached hydrogens (tertiary/aromatic N) is 1. The highest BCUT2D eigenvalue weighted by atomic mass is 19.1. The number of nitrogens with two attached hydrogens (primary N) is 1. The minimum atomic E-state index is -0.235. The Morgan fingerprint density at radius 1 is 1.35 bits per heavy atom. The lowest BCUT2D eigenvalue weighted by Gasteiger charge is -2.12. The summed E-state index contributed by atoms with van der Waals surface area (Å²) < 4.78 is 13.3. The number of pyridine rings is 1. The first kappa shape index (κ1) is 11.7. The van der Waals surface area contributed by atoms with Crippen molar-refractivity contribution in [3.63, 3.8) is 0 Å². The topological polar surface area (TPSA) is 38.9 Å². The fourth-order valence-corrected chi connectivity index (χ4v) is 1.87. The molecule has 0 fully saturated rings. The molecule has 88 valence electrons. The molecule has 1 atom stereocenters. The number of halogens is 1. The predicted octanol–water partition coefficient (Wildman–Crippen LogP) is 2.77. The Labute approximate surface area is 100 Å². The number of hydrogen-bond acceptors (Lipinski definition) is 2. The summed E-state index contributed by atoms with van der Waals surface area (Å²) in [7, 11) is 0. The molecule has 1 aromatic heterocycles. The van der Waals surface area contributed by atoms with Crippen LogP contribution in [0.2, 0.25) is 0 Å². The lowest BCUT2D eigenvalue weighted by atomic mass is 9.99. The van der Waals surface area contributed by atoms with Gasteiger partial charge in [-0.2, -0.15) is 0 Å². The van der Waals surface area contributed by atoms with E-state index in [0.29, 0.717) is 6.42 Å². The first-order valence-electron chi connectivity index (χ1n) is 5.57. The van der Waals surface area contributed by atoms with Crippen molar-refractivity contribution < 1.29 is 4.39 Å². The number of aryl methyl sites for hydroxylation is 1. The zero-order valence-corrected chi connectivity index (χ0v) is 9.73. The van der Waals surface area contributed by atoms with E-state index in [1.807, 2.05) is 25.1 Å². The van der Waals surface area contributed by atoms with E-state index in [-0.39, 0.29) is 11.9 Å². The molecule has 2 nitrogen and oxygen atoms in total. The molecule has 0 saturated heterocycles. The zero-order valence-electron chi connectivity index (χ0n) is 9.73. The van der Waals surface area contributed by atoms with Crippen molar-refractivity contribution in [3.05, 3.63) is 65.2 Å². The van der Waals surface area contributed by atoms with Crippen molar-refractivity contribution in [2.45, 2.75) is 19.4 Å². The largest absolute Gasteiger partial charge is 0.324 e. The van der Waals surface area contributed by atoms with Gasteiger partial charge < -0.3 is 5.73 Å². The van der Waals surface area contributed by atoms with Crippen molar-refractivity contribution in [1.82, 2.24) is 4.98 Å². The Morgan fingerprint density at radius 2 is 2.18 bits per heavy atom. The minimum Gasteiger partial charge on any atom is -0.324 e. The van der Waals surface area contributed by atoms with Crippen molar-refractivity contribution in [3.8, 4) is 0 Å². The lowest BCUT2D eigenvalue weighted by molar-refractivity contribution is 0.617. The molecule has 2 aromatic rings. The van der Waals surface area contributed by atoms with Gasteiger partial charge in [0.05, 0.1) is 0 Å². The predicted molar refractivity (Wildman–Crippen MR) is 66.0 cm³/mol. The van der Waals surface area contributed by atoms with E-state index in [1.54, 1.807) is 12.4 Å². The van der Waals surface area contributed by atoms with Crippen LogP contribution in [0.25, 0.3) is 0 Å². The Balaban J connectivity index is 2.17. The maximum Gasteiger partial charge on any atom is 0.123 e. The second-order valence-electron chi connectivity index (χ2n) is 4.23. The van der Waals surface area contributed by atoms with Crippen LogP contribution in [0, 0.1) is 12.7 Å². The summed E-state index contributed by atoms with van der Waals surface area (Å²) in [5.41, 5.74) is 8.84. The molecule has 1 unspecified atom stereocenters. The van der Waals surface area contributed by atoms with Crippen LogP contribution in [-0.4, -0.2) is 4.98 Å². The van der Waals surface area contributed by atoms with E-state index >= 15 is 0 Å². The molecule has 0 aliphatic rings. The molecule has 3 heteroatoms. The Bertz CT molecular complexity index is 477. The number of hydrogen-bond donors (Lipinski definition) is 1. The standard InChI is InChI=1S/C14H15FN2/c1-10-5-12(8-13(15)6-10)14(16)7-11-3-2-4-17-9-11/h2-6,8-9,14H,7,16H2,1H3. The summed E-state index contributed by atoms with van der Waals surface area (Å²) in [6.07, 6.45) is 4.17. The van der Waals surface area contributed by atoms with Gasteiger partial charge in [-0.3, -0.25) is 4.98 Å². The van der Waals surface area contributed by atoms with Gasteiger partial charge in [0.1, 0.15) is 5.82 Å². The molecule has 0 bridgehead atoms. The third kappa shape index (κ3) is 3.11. The van der Waals surface area contributed by atoms with E-state index in [0.717, 1.165) is 16.7 Å². The number of benzene rings is 1. The van der Waals surface area contributed by atoms with Gasteiger partial charge in [0.15, 0.2) is 0 Å². The second kappa shape index (κ2) is 5.06. The summed E-state index contributed by atoms with van der Waals surface area (Å²) in [5, 5.41) is 0. The molecule has 0 aliphatic carbocycles. The maximum absolute atomic E-state index is 13.3. The van der Waals surface area contributed by atoms with E-state index < -0.39 is 0 Å². The van der Waals surface area contributed by atoms with E-state index in [2.05, 4.69) is 4.98 Å². The molecule has 2 N–H and O–H groups in total. The second-order valence-corrected chi connectivity index (χ2v) is 4.23. The van der Waals surface area contributed by atoms with Crippen molar-refractivity contribution in [2.75, 3.05) is 0 Å². The van der Waals surface area contributed by atoms with Gasteiger partial charge in [0, 0.05) is 18.4 Å². The van der Waals surface area contributed by atoms with Gasteiger partial charge in [-0.25, -0.2) is 4.39 Å². The van der Waals surface area contributed by atoms with Gasteiger partial charge in [0.25, 0.3) is 0 Å². The van der Waals surface area contributed by atoms with E-state index in [1.165, 1.54) is 12.1 Å². The Hall–Kier alpha value is -1.74. The van der Waals surface area contributed by atoms with Crippen LogP contribution in [0.1, 0.15) is 22.7 Å².